The molecule has 2 aliphatic rings. The van der Waals surface area contributed by atoms with Gasteiger partial charge in [0.05, 0.1) is 39.7 Å². The predicted octanol–water partition coefficient (Wildman–Crippen LogP) is 5.68. The number of nitrogens with zero attached hydrogens (tertiary/aromatic N) is 3. The van der Waals surface area contributed by atoms with Crippen molar-refractivity contribution in [3.8, 4) is 0 Å². The molecule has 1 aliphatic carbocycles. The van der Waals surface area contributed by atoms with Crippen LogP contribution in [-0.4, -0.2) is 46.0 Å². The number of benzene rings is 2. The summed E-state index contributed by atoms with van der Waals surface area (Å²) in [6.45, 7) is 4.58. The van der Waals surface area contributed by atoms with E-state index in [1.807, 2.05) is 0 Å². The van der Waals surface area contributed by atoms with Gasteiger partial charge >= 0.3 is 12.1 Å². The highest BCUT2D eigenvalue weighted by molar-refractivity contribution is 6.38. The monoisotopic (exact) mass is 553 g/mol. The largest absolute Gasteiger partial charge is 0.466 e. The van der Waals surface area contributed by atoms with Crippen molar-refractivity contribution >= 4 is 46.1 Å². The number of halogens is 5. The number of ether oxygens (including phenoxy) is 1. The maximum atomic E-state index is 13.3. The summed E-state index contributed by atoms with van der Waals surface area (Å²) in [6.07, 6.45) is -4.35. The van der Waals surface area contributed by atoms with Crippen LogP contribution in [0.4, 0.5) is 13.2 Å². The number of alkyl halides is 3. The van der Waals surface area contributed by atoms with Gasteiger partial charge in [-0.3, -0.25) is 9.59 Å². The molecule has 1 aliphatic heterocycles. The molecule has 1 amide bonds. The topological polar surface area (TPSA) is 64.4 Å². The molecule has 1 saturated heterocycles. The van der Waals surface area contributed by atoms with E-state index in [4.69, 9.17) is 27.9 Å². The van der Waals surface area contributed by atoms with Crippen LogP contribution in [0.25, 0.3) is 11.0 Å². The van der Waals surface area contributed by atoms with E-state index in [0.717, 1.165) is 12.1 Å². The molecule has 2 heterocycles. The lowest BCUT2D eigenvalue weighted by Crippen LogP contribution is -2.33. The molecule has 3 aromatic rings. The van der Waals surface area contributed by atoms with Gasteiger partial charge in [0.15, 0.2) is 0 Å². The average molecular weight is 554 g/mol. The van der Waals surface area contributed by atoms with Crippen molar-refractivity contribution in [2.45, 2.75) is 26.4 Å². The van der Waals surface area contributed by atoms with Crippen molar-refractivity contribution in [1.29, 1.82) is 0 Å². The van der Waals surface area contributed by atoms with Gasteiger partial charge in [-0.25, -0.2) is 4.98 Å². The van der Waals surface area contributed by atoms with E-state index in [1.54, 1.807) is 42.5 Å². The average Bonchev–Trinajstić information content (AvgIpc) is 3.15. The van der Waals surface area contributed by atoms with Gasteiger partial charge in [0, 0.05) is 31.6 Å². The first-order chi connectivity index (χ1) is 17.4. The van der Waals surface area contributed by atoms with Crippen LogP contribution >= 0.6 is 23.2 Å². The van der Waals surface area contributed by atoms with E-state index in [0.29, 0.717) is 52.7 Å². The Morgan fingerprint density at radius 3 is 2.46 bits per heavy atom. The minimum atomic E-state index is -4.48. The van der Waals surface area contributed by atoms with Crippen molar-refractivity contribution in [2.75, 3.05) is 19.7 Å². The second-order valence-electron chi connectivity index (χ2n) is 9.63. The van der Waals surface area contributed by atoms with Crippen LogP contribution in [0, 0.1) is 24.7 Å². The first kappa shape index (κ1) is 25.9. The van der Waals surface area contributed by atoms with E-state index >= 15 is 0 Å². The van der Waals surface area contributed by atoms with Crippen LogP contribution in [0.5, 0.6) is 0 Å². The molecule has 2 unspecified atom stereocenters. The zero-order valence-corrected chi connectivity index (χ0v) is 21.8. The second kappa shape index (κ2) is 9.20. The van der Waals surface area contributed by atoms with Gasteiger partial charge in [-0.2, -0.15) is 13.2 Å². The summed E-state index contributed by atoms with van der Waals surface area (Å²) in [4.78, 5) is 31.6. The molecule has 0 radical (unpaired) electrons. The van der Waals surface area contributed by atoms with Gasteiger partial charge in [0.25, 0.3) is 5.91 Å². The second-order valence-corrected chi connectivity index (χ2v) is 10.4. The maximum Gasteiger partial charge on any atom is 0.416 e. The summed E-state index contributed by atoms with van der Waals surface area (Å²) >= 11 is 13.1. The Balaban J connectivity index is 1.40. The first-order valence-electron chi connectivity index (χ1n) is 11.9. The maximum absolute atomic E-state index is 13.3. The number of aryl methyl sites for hydroxylation is 2. The smallest absolute Gasteiger partial charge is 0.416 e. The van der Waals surface area contributed by atoms with E-state index in [9.17, 15) is 22.8 Å². The highest BCUT2D eigenvalue weighted by Crippen LogP contribution is 2.52. The van der Waals surface area contributed by atoms with Crippen LogP contribution in [0.2, 0.25) is 10.0 Å². The van der Waals surface area contributed by atoms with Gasteiger partial charge in [-0.1, -0.05) is 23.2 Å². The quantitative estimate of drug-likeness (QED) is 0.381. The molecule has 6 nitrogen and oxygen atoms in total. The Bertz CT molecular complexity index is 1420. The third-order valence-electron chi connectivity index (χ3n) is 7.39. The molecule has 0 N–H and O–H groups in total. The highest BCUT2D eigenvalue weighted by Gasteiger charge is 2.61. The lowest BCUT2D eigenvalue weighted by Gasteiger charge is -2.21. The molecule has 2 fully saturated rings. The molecule has 1 aromatic heterocycles. The van der Waals surface area contributed by atoms with Gasteiger partial charge in [-0.05, 0) is 61.1 Å². The summed E-state index contributed by atoms with van der Waals surface area (Å²) in [7, 11) is 1.64. The molecular weight excluding hydrogens is 530 g/mol. The summed E-state index contributed by atoms with van der Waals surface area (Å²) < 4.78 is 46.7. The standard InChI is InChI=1S/C26H24Cl2F3N3O3/c1-4-37-25(36)21-16-10-34(11-17(16)21)24(35)14-5-6-18(27)15(22(14)28)9-20-32-23-12(2)7-13(26(29,30)31)8-19(23)33(20)3/h5-8,16-17,21H,4,9-11H2,1-3H3. The van der Waals surface area contributed by atoms with E-state index < -0.39 is 11.7 Å². The molecule has 1 saturated carbocycles. The Labute approximate surface area is 221 Å². The van der Waals surface area contributed by atoms with Crippen LogP contribution < -0.4 is 0 Å². The Hall–Kier alpha value is -2.78. The van der Waals surface area contributed by atoms with E-state index in [-0.39, 0.29) is 46.6 Å². The summed E-state index contributed by atoms with van der Waals surface area (Å²) in [5.41, 5.74) is 1.21. The molecule has 11 heteroatoms. The fraction of sp³-hybridized carbons (Fsp3) is 0.423. The van der Waals surface area contributed by atoms with Crippen LogP contribution in [0.1, 0.15) is 39.8 Å². The first-order valence-corrected chi connectivity index (χ1v) is 12.6. The Morgan fingerprint density at radius 2 is 1.84 bits per heavy atom. The highest BCUT2D eigenvalue weighted by atomic mass is 35.5. The van der Waals surface area contributed by atoms with Gasteiger partial charge in [0.2, 0.25) is 0 Å². The molecule has 5 rings (SSSR count). The Kier molecular flexibility index (Phi) is 6.43. The number of carbonyl (C=O) groups is 2. The summed E-state index contributed by atoms with van der Waals surface area (Å²) in [6, 6.07) is 5.30. The number of likely N-dealkylation sites (tertiary alicyclic amines) is 1. The fourth-order valence-corrected chi connectivity index (χ4v) is 5.95. The number of amides is 1. The van der Waals surface area contributed by atoms with Crippen molar-refractivity contribution in [1.82, 2.24) is 14.5 Å². The van der Waals surface area contributed by atoms with Crippen molar-refractivity contribution in [2.24, 2.45) is 24.8 Å². The zero-order valence-electron chi connectivity index (χ0n) is 20.3. The third-order valence-corrected chi connectivity index (χ3v) is 8.17. The van der Waals surface area contributed by atoms with Crippen LogP contribution in [-0.2, 0) is 29.2 Å². The number of esters is 1. The molecule has 196 valence electrons. The zero-order chi connectivity index (χ0) is 26.8. The minimum Gasteiger partial charge on any atom is -0.466 e. The van der Waals surface area contributed by atoms with Crippen molar-refractivity contribution < 1.29 is 27.5 Å². The predicted molar refractivity (Wildman–Crippen MR) is 133 cm³/mol. The third kappa shape index (κ3) is 4.46. The SMILES string of the molecule is CCOC(=O)C1C2CN(C(=O)c3ccc(Cl)c(Cc4nc5c(C)cc(C(F)(F)F)cc5n4C)c3Cl)CC21. The van der Waals surface area contributed by atoms with Crippen molar-refractivity contribution in [3.05, 3.63) is 62.4 Å². The molecular formula is C26H24Cl2F3N3O3. The molecule has 0 spiro atoms. The number of piperidine rings is 1. The number of imidazole rings is 1. The molecule has 2 atom stereocenters. The van der Waals surface area contributed by atoms with E-state index in [2.05, 4.69) is 4.98 Å². The number of fused-ring (bicyclic) bond motifs is 2. The lowest BCUT2D eigenvalue weighted by atomic mass is 10.1. The minimum absolute atomic E-state index is 0.0957. The number of carbonyl (C=O) groups excluding carboxylic acids is 2. The van der Waals surface area contributed by atoms with Gasteiger partial charge in [0.1, 0.15) is 5.82 Å². The number of rotatable bonds is 5. The van der Waals surface area contributed by atoms with E-state index in [1.165, 1.54) is 0 Å². The number of aromatic nitrogens is 2. The lowest BCUT2D eigenvalue weighted by molar-refractivity contribution is -0.145. The number of hydrogen-bond acceptors (Lipinski definition) is 4. The molecule has 2 aromatic carbocycles. The van der Waals surface area contributed by atoms with Crippen molar-refractivity contribution in [3.63, 3.8) is 0 Å². The fourth-order valence-electron chi connectivity index (χ4n) is 5.36. The molecule has 37 heavy (non-hydrogen) atoms. The summed E-state index contributed by atoms with van der Waals surface area (Å²) in [5.74, 6) is 0.0335. The Morgan fingerprint density at radius 1 is 1.16 bits per heavy atom. The normalized spacial score (nSPS) is 20.9. The van der Waals surface area contributed by atoms with Crippen LogP contribution in [0.3, 0.4) is 0 Å². The van der Waals surface area contributed by atoms with Crippen LogP contribution in [0.15, 0.2) is 24.3 Å². The number of hydrogen-bond donors (Lipinski definition) is 0. The summed E-state index contributed by atoms with van der Waals surface area (Å²) in [5, 5.41) is 0.507. The van der Waals surface area contributed by atoms with Gasteiger partial charge in [-0.15, -0.1) is 0 Å². The van der Waals surface area contributed by atoms with Gasteiger partial charge < -0.3 is 14.2 Å². The molecule has 0 bridgehead atoms.